The Morgan fingerprint density at radius 2 is 2.18 bits per heavy atom. The molecule has 0 saturated carbocycles. The van der Waals surface area contributed by atoms with E-state index in [2.05, 4.69) is 38.2 Å². The predicted molar refractivity (Wildman–Crippen MR) is 69.9 cm³/mol. The fourth-order valence-electron chi connectivity index (χ4n) is 2.36. The fraction of sp³-hybridized carbons (Fsp3) is 0.500. The van der Waals surface area contributed by atoms with Crippen LogP contribution in [0.5, 0.6) is 0 Å². The van der Waals surface area contributed by atoms with Gasteiger partial charge in [-0.2, -0.15) is 0 Å². The summed E-state index contributed by atoms with van der Waals surface area (Å²) in [6.45, 7) is 6.34. The summed E-state index contributed by atoms with van der Waals surface area (Å²) in [4.78, 5) is 11.5. The molecule has 0 bridgehead atoms. The lowest BCUT2D eigenvalue weighted by molar-refractivity contribution is -0.115. The van der Waals surface area contributed by atoms with Crippen LogP contribution in [0.2, 0.25) is 0 Å². The van der Waals surface area contributed by atoms with E-state index >= 15 is 0 Å². The number of carbonyl (C=O) groups is 1. The number of aryl methyl sites for hydroxylation is 1. The van der Waals surface area contributed by atoms with Crippen LogP contribution in [0.1, 0.15) is 43.0 Å². The number of fused-ring (bicyclic) bond motifs is 1. The van der Waals surface area contributed by atoms with Crippen LogP contribution in [-0.4, -0.2) is 5.91 Å². The molecule has 1 amide bonds. The van der Waals surface area contributed by atoms with E-state index in [0.717, 1.165) is 23.2 Å². The van der Waals surface area contributed by atoms with Crippen molar-refractivity contribution in [1.29, 1.82) is 0 Å². The van der Waals surface area contributed by atoms with Crippen molar-refractivity contribution >= 4 is 11.6 Å². The largest absolute Gasteiger partial charge is 0.325 e. The zero-order valence-corrected chi connectivity index (χ0v) is 10.7. The zero-order valence-electron chi connectivity index (χ0n) is 10.7. The third-order valence-corrected chi connectivity index (χ3v) is 3.63. The summed E-state index contributed by atoms with van der Waals surface area (Å²) in [5.41, 5.74) is 10.6. The number of nitrogens with two attached hydrogens (primary N) is 1. The quantitative estimate of drug-likeness (QED) is 0.841. The fourth-order valence-corrected chi connectivity index (χ4v) is 2.36. The van der Waals surface area contributed by atoms with Gasteiger partial charge in [0.2, 0.25) is 5.91 Å². The molecule has 2 unspecified atom stereocenters. The Bertz CT molecular complexity index is 454. The van der Waals surface area contributed by atoms with Crippen molar-refractivity contribution < 1.29 is 4.79 Å². The summed E-state index contributed by atoms with van der Waals surface area (Å²) < 4.78 is 0. The molecule has 2 atom stereocenters. The van der Waals surface area contributed by atoms with Crippen LogP contribution in [0.15, 0.2) is 12.1 Å². The van der Waals surface area contributed by atoms with Gasteiger partial charge >= 0.3 is 0 Å². The highest BCUT2D eigenvalue weighted by Gasteiger charge is 2.25. The number of rotatable bonds is 3. The van der Waals surface area contributed by atoms with Gasteiger partial charge in [-0.15, -0.1) is 0 Å². The topological polar surface area (TPSA) is 55.1 Å². The molecule has 3 heteroatoms. The molecule has 0 spiro atoms. The van der Waals surface area contributed by atoms with E-state index in [-0.39, 0.29) is 11.9 Å². The van der Waals surface area contributed by atoms with Gasteiger partial charge in [0, 0.05) is 11.7 Å². The van der Waals surface area contributed by atoms with Gasteiger partial charge < -0.3 is 11.1 Å². The highest BCUT2D eigenvalue weighted by molar-refractivity contribution is 6.00. The second kappa shape index (κ2) is 4.49. The smallest absolute Gasteiger partial charge is 0.228 e. The second-order valence-corrected chi connectivity index (χ2v) is 5.02. The van der Waals surface area contributed by atoms with Crippen LogP contribution in [0.3, 0.4) is 0 Å². The van der Waals surface area contributed by atoms with Crippen molar-refractivity contribution in [3.05, 3.63) is 28.8 Å². The van der Waals surface area contributed by atoms with Crippen LogP contribution < -0.4 is 11.1 Å². The summed E-state index contributed by atoms with van der Waals surface area (Å²) >= 11 is 0. The van der Waals surface area contributed by atoms with Crippen LogP contribution in [-0.2, 0) is 11.2 Å². The molecule has 0 radical (unpaired) electrons. The summed E-state index contributed by atoms with van der Waals surface area (Å²) in [5.74, 6) is 0.488. The molecule has 1 heterocycles. The molecule has 3 nitrogen and oxygen atoms in total. The molecular weight excluding hydrogens is 212 g/mol. The number of benzene rings is 1. The Morgan fingerprint density at radius 1 is 1.47 bits per heavy atom. The molecular formula is C14H20N2O. The van der Waals surface area contributed by atoms with Gasteiger partial charge in [-0.05, 0) is 24.0 Å². The first-order valence-electron chi connectivity index (χ1n) is 6.21. The van der Waals surface area contributed by atoms with Crippen LogP contribution in [0, 0.1) is 12.8 Å². The zero-order chi connectivity index (χ0) is 12.6. The van der Waals surface area contributed by atoms with Crippen LogP contribution >= 0.6 is 0 Å². The summed E-state index contributed by atoms with van der Waals surface area (Å²) in [6, 6.07) is 4.16. The molecule has 1 aliphatic rings. The van der Waals surface area contributed by atoms with Gasteiger partial charge in [0.1, 0.15) is 0 Å². The molecule has 3 N–H and O–H groups in total. The minimum absolute atomic E-state index is 0.00736. The molecule has 0 aromatic heterocycles. The Kier molecular flexibility index (Phi) is 3.20. The molecule has 0 saturated heterocycles. The van der Waals surface area contributed by atoms with Crippen molar-refractivity contribution in [3.63, 3.8) is 0 Å². The van der Waals surface area contributed by atoms with Gasteiger partial charge in [-0.1, -0.05) is 38.0 Å². The van der Waals surface area contributed by atoms with E-state index in [0.29, 0.717) is 12.3 Å². The molecule has 0 fully saturated rings. The second-order valence-electron chi connectivity index (χ2n) is 5.02. The van der Waals surface area contributed by atoms with Gasteiger partial charge in [-0.3, -0.25) is 4.79 Å². The maximum atomic E-state index is 11.5. The minimum atomic E-state index is -0.00736. The Labute approximate surface area is 102 Å². The van der Waals surface area contributed by atoms with E-state index in [9.17, 15) is 4.79 Å². The molecule has 2 rings (SSSR count). The molecule has 0 aliphatic carbocycles. The lowest BCUT2D eigenvalue weighted by Gasteiger charge is -2.22. The molecule has 1 aromatic carbocycles. The summed E-state index contributed by atoms with van der Waals surface area (Å²) in [5, 5.41) is 2.93. The number of carbonyl (C=O) groups excluding carboxylic acids is 1. The van der Waals surface area contributed by atoms with Crippen LogP contribution in [0.25, 0.3) is 0 Å². The number of nitrogens with one attached hydrogen (secondary N) is 1. The number of anilines is 1. The van der Waals surface area contributed by atoms with Crippen molar-refractivity contribution in [2.24, 2.45) is 11.7 Å². The number of hydrogen-bond donors (Lipinski definition) is 2. The van der Waals surface area contributed by atoms with Crippen molar-refractivity contribution in [3.8, 4) is 0 Å². The summed E-state index contributed by atoms with van der Waals surface area (Å²) in [7, 11) is 0. The van der Waals surface area contributed by atoms with Crippen molar-refractivity contribution in [2.45, 2.75) is 39.7 Å². The Balaban J connectivity index is 2.44. The van der Waals surface area contributed by atoms with E-state index in [1.807, 2.05) is 0 Å². The van der Waals surface area contributed by atoms with E-state index in [1.54, 1.807) is 0 Å². The molecule has 1 aromatic rings. The average molecular weight is 232 g/mol. The number of amides is 1. The number of hydrogen-bond acceptors (Lipinski definition) is 2. The highest BCUT2D eigenvalue weighted by atomic mass is 16.1. The first-order valence-corrected chi connectivity index (χ1v) is 6.21. The molecule has 92 valence electrons. The lowest BCUT2D eigenvalue weighted by atomic mass is 9.90. The first-order chi connectivity index (χ1) is 8.02. The minimum Gasteiger partial charge on any atom is -0.325 e. The van der Waals surface area contributed by atoms with Gasteiger partial charge in [0.25, 0.3) is 0 Å². The normalized spacial score (nSPS) is 17.5. The van der Waals surface area contributed by atoms with Crippen molar-refractivity contribution in [1.82, 2.24) is 0 Å². The van der Waals surface area contributed by atoms with Gasteiger partial charge in [0.05, 0.1) is 6.42 Å². The monoisotopic (exact) mass is 232 g/mol. The average Bonchev–Trinajstić information content (AvgIpc) is 2.66. The van der Waals surface area contributed by atoms with E-state index < -0.39 is 0 Å². The molecule has 1 aliphatic heterocycles. The van der Waals surface area contributed by atoms with Gasteiger partial charge in [0.15, 0.2) is 0 Å². The van der Waals surface area contributed by atoms with Gasteiger partial charge in [-0.25, -0.2) is 0 Å². The predicted octanol–water partition coefficient (Wildman–Crippen LogP) is 2.54. The first kappa shape index (κ1) is 12.1. The SMILES string of the molecule is CCC(C)C(N)c1cc(C)cc2c1NC(=O)C2. The lowest BCUT2D eigenvalue weighted by Crippen LogP contribution is -2.20. The highest BCUT2D eigenvalue weighted by Crippen LogP contribution is 2.35. The standard InChI is InChI=1S/C14H20N2O/c1-4-9(3)13(15)11-6-8(2)5-10-7-12(17)16-14(10)11/h5-6,9,13H,4,7,15H2,1-3H3,(H,16,17). The third kappa shape index (κ3) is 2.20. The maximum Gasteiger partial charge on any atom is 0.228 e. The molecule has 17 heavy (non-hydrogen) atoms. The Morgan fingerprint density at radius 3 is 2.82 bits per heavy atom. The van der Waals surface area contributed by atoms with Crippen molar-refractivity contribution in [2.75, 3.05) is 5.32 Å². The van der Waals surface area contributed by atoms with E-state index in [1.165, 1.54) is 5.56 Å². The Hall–Kier alpha value is -1.35. The van der Waals surface area contributed by atoms with Crippen LogP contribution in [0.4, 0.5) is 5.69 Å². The van der Waals surface area contributed by atoms with E-state index in [4.69, 9.17) is 5.73 Å². The maximum absolute atomic E-state index is 11.5. The summed E-state index contributed by atoms with van der Waals surface area (Å²) in [6.07, 6.45) is 1.52. The third-order valence-electron chi connectivity index (χ3n) is 3.63.